The Labute approximate surface area is 133 Å². The maximum Gasteiger partial charge on any atom is 0.237 e. The molecule has 4 nitrogen and oxygen atoms in total. The molecular weight excluding hydrogens is 276 g/mol. The molecule has 0 saturated carbocycles. The van der Waals surface area contributed by atoms with E-state index in [9.17, 15) is 9.90 Å². The minimum Gasteiger partial charge on any atom is -0.396 e. The molecule has 0 aromatic heterocycles. The summed E-state index contributed by atoms with van der Waals surface area (Å²) in [5, 5.41) is 12.6. The van der Waals surface area contributed by atoms with E-state index < -0.39 is 0 Å². The molecule has 0 radical (unpaired) electrons. The third-order valence-corrected chi connectivity index (χ3v) is 4.71. The fourth-order valence-electron chi connectivity index (χ4n) is 3.03. The Balaban J connectivity index is 1.87. The lowest BCUT2D eigenvalue weighted by molar-refractivity contribution is -0.127. The molecule has 1 aliphatic rings. The van der Waals surface area contributed by atoms with Gasteiger partial charge in [0.05, 0.1) is 6.04 Å². The fourth-order valence-corrected chi connectivity index (χ4v) is 3.03. The van der Waals surface area contributed by atoms with Crippen molar-refractivity contribution in [2.45, 2.75) is 46.2 Å². The third-order valence-electron chi connectivity index (χ3n) is 4.71. The highest BCUT2D eigenvalue weighted by molar-refractivity contribution is 5.81. The summed E-state index contributed by atoms with van der Waals surface area (Å²) in [5.74, 6) is 0.0581. The number of hydrogen-bond acceptors (Lipinski definition) is 3. The number of nitrogens with zero attached hydrogens (tertiary/aromatic N) is 1. The number of carbonyl (C=O) groups excluding carboxylic acids is 1. The van der Waals surface area contributed by atoms with Crippen LogP contribution in [0.2, 0.25) is 0 Å². The van der Waals surface area contributed by atoms with Gasteiger partial charge in [-0.05, 0) is 38.8 Å². The summed E-state index contributed by atoms with van der Waals surface area (Å²) in [5.41, 5.74) is 2.26. The van der Waals surface area contributed by atoms with Crippen LogP contribution in [0.4, 0.5) is 0 Å². The maximum atomic E-state index is 12.4. The molecular formula is C18H28N2O2. The van der Waals surface area contributed by atoms with E-state index in [1.165, 1.54) is 5.56 Å². The lowest BCUT2D eigenvalue weighted by Crippen LogP contribution is -2.52. The minimum absolute atomic E-state index is 0.0581. The lowest BCUT2D eigenvalue weighted by atomic mass is 9.82. The zero-order valence-electron chi connectivity index (χ0n) is 13.9. The highest BCUT2D eigenvalue weighted by atomic mass is 16.3. The normalized spacial score (nSPS) is 24.0. The van der Waals surface area contributed by atoms with Gasteiger partial charge in [0.25, 0.3) is 0 Å². The maximum absolute atomic E-state index is 12.4. The van der Waals surface area contributed by atoms with Crippen molar-refractivity contribution in [2.75, 3.05) is 19.7 Å². The van der Waals surface area contributed by atoms with Crippen molar-refractivity contribution in [3.05, 3.63) is 35.4 Å². The Morgan fingerprint density at radius 3 is 2.73 bits per heavy atom. The highest BCUT2D eigenvalue weighted by Crippen LogP contribution is 2.29. The molecule has 1 aromatic carbocycles. The molecule has 0 aliphatic carbocycles. The first-order valence-corrected chi connectivity index (χ1v) is 8.12. The van der Waals surface area contributed by atoms with Gasteiger partial charge in [0.15, 0.2) is 0 Å². The molecule has 2 N–H and O–H groups in total. The van der Waals surface area contributed by atoms with Crippen molar-refractivity contribution in [2.24, 2.45) is 5.41 Å². The predicted molar refractivity (Wildman–Crippen MR) is 88.5 cm³/mol. The van der Waals surface area contributed by atoms with Crippen LogP contribution in [0.1, 0.15) is 37.8 Å². The molecule has 122 valence electrons. The molecule has 2 atom stereocenters. The van der Waals surface area contributed by atoms with Gasteiger partial charge in [-0.2, -0.15) is 0 Å². The Bertz CT molecular complexity index is 500. The van der Waals surface area contributed by atoms with Gasteiger partial charge in [0.1, 0.15) is 0 Å². The van der Waals surface area contributed by atoms with Gasteiger partial charge in [-0.25, -0.2) is 0 Å². The number of benzene rings is 1. The summed E-state index contributed by atoms with van der Waals surface area (Å²) < 4.78 is 0. The van der Waals surface area contributed by atoms with Gasteiger partial charge in [-0.1, -0.05) is 36.8 Å². The molecule has 2 rings (SSSR count). The second kappa shape index (κ2) is 7.25. The minimum atomic E-state index is -0.156. The van der Waals surface area contributed by atoms with Crippen molar-refractivity contribution in [1.82, 2.24) is 10.2 Å². The first kappa shape index (κ1) is 17.0. The van der Waals surface area contributed by atoms with Crippen LogP contribution < -0.4 is 5.32 Å². The monoisotopic (exact) mass is 304 g/mol. The number of nitrogens with one attached hydrogen (secondary N) is 1. The van der Waals surface area contributed by atoms with E-state index in [0.29, 0.717) is 6.54 Å². The van der Waals surface area contributed by atoms with Crippen LogP contribution in [0.25, 0.3) is 0 Å². The number of aliphatic hydroxyl groups excluding tert-OH is 1. The number of hydrogen-bond donors (Lipinski definition) is 2. The smallest absolute Gasteiger partial charge is 0.237 e. The van der Waals surface area contributed by atoms with E-state index in [1.807, 2.05) is 19.1 Å². The van der Waals surface area contributed by atoms with E-state index in [4.69, 9.17) is 0 Å². The second-order valence-corrected chi connectivity index (χ2v) is 6.92. The molecule has 0 bridgehead atoms. The van der Waals surface area contributed by atoms with E-state index in [1.54, 1.807) is 0 Å². The van der Waals surface area contributed by atoms with Crippen molar-refractivity contribution in [3.63, 3.8) is 0 Å². The quantitative estimate of drug-likeness (QED) is 0.876. The summed E-state index contributed by atoms with van der Waals surface area (Å²) in [6.07, 6.45) is 2.06. The zero-order valence-corrected chi connectivity index (χ0v) is 13.9. The molecule has 0 spiro atoms. The lowest BCUT2D eigenvalue weighted by Gasteiger charge is -2.41. The van der Waals surface area contributed by atoms with Crippen molar-refractivity contribution >= 4 is 5.91 Å². The summed E-state index contributed by atoms with van der Waals surface area (Å²) >= 11 is 0. The van der Waals surface area contributed by atoms with Gasteiger partial charge in [0.2, 0.25) is 5.91 Å². The van der Waals surface area contributed by atoms with Gasteiger partial charge < -0.3 is 10.4 Å². The number of likely N-dealkylation sites (tertiary alicyclic amines) is 1. The van der Waals surface area contributed by atoms with Crippen LogP contribution >= 0.6 is 0 Å². The third kappa shape index (κ3) is 4.31. The highest BCUT2D eigenvalue weighted by Gasteiger charge is 2.34. The van der Waals surface area contributed by atoms with Crippen molar-refractivity contribution < 1.29 is 9.90 Å². The average Bonchev–Trinajstić information content (AvgIpc) is 2.53. The van der Waals surface area contributed by atoms with Crippen LogP contribution in [-0.2, 0) is 11.3 Å². The van der Waals surface area contributed by atoms with E-state index in [-0.39, 0.29) is 24.0 Å². The standard InChI is InChI=1S/C18H28N2O2/c1-14-5-7-16(8-6-14)11-19-17(22)15(2)20-10-4-9-18(3,12-20)13-21/h5-8,15,21H,4,9-13H2,1-3H3,(H,19,22). The molecule has 1 fully saturated rings. The molecule has 1 saturated heterocycles. The van der Waals surface area contributed by atoms with E-state index in [0.717, 1.165) is 31.5 Å². The SMILES string of the molecule is Cc1ccc(CNC(=O)C(C)N2CCCC(C)(CO)C2)cc1. The largest absolute Gasteiger partial charge is 0.396 e. The fraction of sp³-hybridized carbons (Fsp3) is 0.611. The number of piperidine rings is 1. The number of amides is 1. The topological polar surface area (TPSA) is 52.6 Å². The van der Waals surface area contributed by atoms with Crippen LogP contribution in [-0.4, -0.2) is 41.7 Å². The molecule has 1 amide bonds. The first-order valence-electron chi connectivity index (χ1n) is 8.12. The van der Waals surface area contributed by atoms with Crippen molar-refractivity contribution in [1.29, 1.82) is 0 Å². The summed E-state index contributed by atoms with van der Waals surface area (Å²) in [6, 6.07) is 8.05. The second-order valence-electron chi connectivity index (χ2n) is 6.92. The molecule has 4 heteroatoms. The summed E-state index contributed by atoms with van der Waals surface area (Å²) in [6.45, 7) is 8.55. The van der Waals surface area contributed by atoms with E-state index >= 15 is 0 Å². The molecule has 1 heterocycles. The predicted octanol–water partition coefficient (Wildman–Crippen LogP) is 2.09. The number of aliphatic hydroxyl groups is 1. The number of carbonyl (C=O) groups is 1. The van der Waals surface area contributed by atoms with Crippen LogP contribution in [0.3, 0.4) is 0 Å². The number of aryl methyl sites for hydroxylation is 1. The van der Waals surface area contributed by atoms with Crippen molar-refractivity contribution in [3.8, 4) is 0 Å². The first-order chi connectivity index (χ1) is 10.4. The Morgan fingerprint density at radius 1 is 1.41 bits per heavy atom. The average molecular weight is 304 g/mol. The van der Waals surface area contributed by atoms with Gasteiger partial charge in [-0.15, -0.1) is 0 Å². The van der Waals surface area contributed by atoms with Gasteiger partial charge >= 0.3 is 0 Å². The van der Waals surface area contributed by atoms with Crippen LogP contribution in [0, 0.1) is 12.3 Å². The molecule has 1 aliphatic heterocycles. The van der Waals surface area contributed by atoms with Gasteiger partial charge in [0, 0.05) is 25.1 Å². The van der Waals surface area contributed by atoms with E-state index in [2.05, 4.69) is 36.2 Å². The Kier molecular flexibility index (Phi) is 5.59. The number of rotatable bonds is 5. The summed E-state index contributed by atoms with van der Waals surface area (Å²) in [7, 11) is 0. The Morgan fingerprint density at radius 2 is 2.09 bits per heavy atom. The zero-order chi connectivity index (χ0) is 16.2. The van der Waals surface area contributed by atoms with Gasteiger partial charge in [-0.3, -0.25) is 9.69 Å². The molecule has 1 aromatic rings. The van der Waals surface area contributed by atoms with Crippen LogP contribution in [0.15, 0.2) is 24.3 Å². The Hall–Kier alpha value is -1.39. The molecule has 2 unspecified atom stereocenters. The van der Waals surface area contributed by atoms with Crippen LogP contribution in [0.5, 0.6) is 0 Å². The summed E-state index contributed by atoms with van der Waals surface area (Å²) in [4.78, 5) is 14.6. The molecule has 22 heavy (non-hydrogen) atoms.